The number of likely N-dealkylation sites (tertiary alicyclic amines) is 1. The summed E-state index contributed by atoms with van der Waals surface area (Å²) >= 11 is 0. The number of carbonyl (C=O) groups is 2. The van der Waals surface area contributed by atoms with E-state index in [4.69, 9.17) is 0 Å². The smallest absolute Gasteiger partial charge is 0.239 e. The zero-order valence-electron chi connectivity index (χ0n) is 11.5. The van der Waals surface area contributed by atoms with Gasteiger partial charge in [0.05, 0.1) is 6.04 Å². The Morgan fingerprint density at radius 1 is 1.32 bits per heavy atom. The van der Waals surface area contributed by atoms with Gasteiger partial charge in [0.2, 0.25) is 11.8 Å². The molecule has 0 bridgehead atoms. The van der Waals surface area contributed by atoms with E-state index >= 15 is 0 Å². The van der Waals surface area contributed by atoms with Crippen molar-refractivity contribution in [2.24, 2.45) is 0 Å². The third-order valence-electron chi connectivity index (χ3n) is 3.78. The van der Waals surface area contributed by atoms with Crippen molar-refractivity contribution >= 4 is 24.2 Å². The molecule has 2 fully saturated rings. The maximum atomic E-state index is 12.3. The van der Waals surface area contributed by atoms with Gasteiger partial charge in [-0.1, -0.05) is 6.92 Å². The molecule has 2 unspecified atom stereocenters. The van der Waals surface area contributed by atoms with Crippen LogP contribution < -0.4 is 10.6 Å². The highest BCUT2D eigenvalue weighted by Gasteiger charge is 2.30. The second kappa shape index (κ2) is 7.70. The molecular formula is C13H24ClN3O2. The third-order valence-corrected chi connectivity index (χ3v) is 3.78. The summed E-state index contributed by atoms with van der Waals surface area (Å²) in [5.41, 5.74) is 0. The quantitative estimate of drug-likeness (QED) is 0.803. The van der Waals surface area contributed by atoms with Gasteiger partial charge in [-0.15, -0.1) is 12.4 Å². The number of rotatable bonds is 3. The molecule has 2 aliphatic heterocycles. The monoisotopic (exact) mass is 289 g/mol. The lowest BCUT2D eigenvalue weighted by molar-refractivity contribution is -0.135. The van der Waals surface area contributed by atoms with Gasteiger partial charge in [-0.3, -0.25) is 9.59 Å². The molecule has 0 radical (unpaired) electrons. The van der Waals surface area contributed by atoms with Crippen molar-refractivity contribution in [3.05, 3.63) is 0 Å². The molecule has 6 heteroatoms. The van der Waals surface area contributed by atoms with Crippen molar-refractivity contribution in [1.82, 2.24) is 15.5 Å². The molecule has 0 spiro atoms. The summed E-state index contributed by atoms with van der Waals surface area (Å²) in [6.07, 6.45) is 4.50. The highest BCUT2D eigenvalue weighted by Crippen LogP contribution is 2.15. The molecule has 2 heterocycles. The number of hydrogen-bond acceptors (Lipinski definition) is 3. The van der Waals surface area contributed by atoms with E-state index in [9.17, 15) is 9.59 Å². The summed E-state index contributed by atoms with van der Waals surface area (Å²) in [5, 5.41) is 6.23. The zero-order chi connectivity index (χ0) is 13.0. The topological polar surface area (TPSA) is 61.4 Å². The summed E-state index contributed by atoms with van der Waals surface area (Å²) in [6.45, 7) is 4.29. The number of halogens is 1. The first-order valence-corrected chi connectivity index (χ1v) is 7.02. The van der Waals surface area contributed by atoms with Gasteiger partial charge in [0, 0.05) is 25.6 Å². The predicted molar refractivity (Wildman–Crippen MR) is 76.3 cm³/mol. The van der Waals surface area contributed by atoms with E-state index in [-0.39, 0.29) is 36.3 Å². The van der Waals surface area contributed by atoms with Gasteiger partial charge in [-0.05, 0) is 32.2 Å². The maximum absolute atomic E-state index is 12.3. The predicted octanol–water partition coefficient (Wildman–Crippen LogP) is 0.677. The summed E-state index contributed by atoms with van der Waals surface area (Å²) < 4.78 is 0. The average molecular weight is 290 g/mol. The van der Waals surface area contributed by atoms with E-state index in [1.165, 1.54) is 0 Å². The van der Waals surface area contributed by atoms with Gasteiger partial charge in [0.15, 0.2) is 0 Å². The van der Waals surface area contributed by atoms with Crippen molar-refractivity contribution in [2.45, 2.75) is 51.1 Å². The highest BCUT2D eigenvalue weighted by atomic mass is 35.5. The van der Waals surface area contributed by atoms with Crippen LogP contribution in [-0.4, -0.2) is 48.4 Å². The van der Waals surface area contributed by atoms with E-state index in [1.54, 1.807) is 0 Å². The van der Waals surface area contributed by atoms with Crippen molar-refractivity contribution < 1.29 is 9.59 Å². The molecule has 0 saturated carbocycles. The largest absolute Gasteiger partial charge is 0.352 e. The maximum Gasteiger partial charge on any atom is 0.239 e. The van der Waals surface area contributed by atoms with Crippen molar-refractivity contribution in [3.63, 3.8) is 0 Å². The number of amides is 2. The van der Waals surface area contributed by atoms with Crippen LogP contribution in [0.2, 0.25) is 0 Å². The number of piperidine rings is 1. The molecule has 2 N–H and O–H groups in total. The molecule has 2 amide bonds. The summed E-state index contributed by atoms with van der Waals surface area (Å²) in [6, 6.07) is 0.141. The molecule has 110 valence electrons. The van der Waals surface area contributed by atoms with Gasteiger partial charge in [0.25, 0.3) is 0 Å². The van der Waals surface area contributed by atoms with Crippen LogP contribution in [0.25, 0.3) is 0 Å². The molecule has 0 aromatic heterocycles. The Balaban J connectivity index is 0.00000180. The molecule has 0 aromatic rings. The fraction of sp³-hybridized carbons (Fsp3) is 0.846. The molecule has 0 aromatic carbocycles. The first-order valence-electron chi connectivity index (χ1n) is 7.02. The lowest BCUT2D eigenvalue weighted by Gasteiger charge is -2.34. The second-order valence-corrected chi connectivity index (χ2v) is 5.19. The van der Waals surface area contributed by atoms with Crippen LogP contribution in [0.15, 0.2) is 0 Å². The van der Waals surface area contributed by atoms with Crippen LogP contribution >= 0.6 is 12.4 Å². The van der Waals surface area contributed by atoms with Gasteiger partial charge in [-0.25, -0.2) is 0 Å². The number of carbonyl (C=O) groups excluding carboxylic acids is 2. The minimum atomic E-state index is 0. The molecule has 19 heavy (non-hydrogen) atoms. The number of hydrogen-bond donors (Lipinski definition) is 2. The van der Waals surface area contributed by atoms with E-state index in [0.29, 0.717) is 13.0 Å². The van der Waals surface area contributed by atoms with Gasteiger partial charge in [-0.2, -0.15) is 0 Å². The lowest BCUT2D eigenvalue weighted by atomic mass is 10.0. The summed E-state index contributed by atoms with van der Waals surface area (Å²) in [4.78, 5) is 25.5. The first-order chi connectivity index (χ1) is 8.70. The SMILES string of the molecule is CCC(=O)NC1CCCN(C(=O)C2CCCN2)C1.Cl. The minimum Gasteiger partial charge on any atom is -0.352 e. The molecule has 5 nitrogen and oxygen atoms in total. The fourth-order valence-corrected chi connectivity index (χ4v) is 2.74. The molecule has 2 atom stereocenters. The van der Waals surface area contributed by atoms with Crippen LogP contribution in [0.5, 0.6) is 0 Å². The lowest BCUT2D eigenvalue weighted by Crippen LogP contribution is -2.53. The Hall–Kier alpha value is -0.810. The Bertz CT molecular complexity index is 319. The van der Waals surface area contributed by atoms with Gasteiger partial charge >= 0.3 is 0 Å². The van der Waals surface area contributed by atoms with E-state index in [0.717, 1.165) is 38.8 Å². The molecule has 0 aliphatic carbocycles. The van der Waals surface area contributed by atoms with Crippen LogP contribution in [0.4, 0.5) is 0 Å². The van der Waals surface area contributed by atoms with E-state index in [1.807, 2.05) is 11.8 Å². The highest BCUT2D eigenvalue weighted by molar-refractivity contribution is 5.85. The van der Waals surface area contributed by atoms with E-state index < -0.39 is 0 Å². The number of nitrogens with one attached hydrogen (secondary N) is 2. The van der Waals surface area contributed by atoms with Crippen molar-refractivity contribution in [3.8, 4) is 0 Å². The molecule has 2 aliphatic rings. The van der Waals surface area contributed by atoms with Crippen molar-refractivity contribution in [1.29, 1.82) is 0 Å². The standard InChI is InChI=1S/C13H23N3O2.ClH/c1-2-12(17)15-10-5-4-8-16(9-10)13(18)11-6-3-7-14-11;/h10-11,14H,2-9H2,1H3,(H,15,17);1H. The Kier molecular flexibility index (Phi) is 6.58. The van der Waals surface area contributed by atoms with Crippen LogP contribution in [0, 0.1) is 0 Å². The molecule has 2 saturated heterocycles. The van der Waals surface area contributed by atoms with Crippen LogP contribution in [0.3, 0.4) is 0 Å². The van der Waals surface area contributed by atoms with Gasteiger partial charge in [0.1, 0.15) is 0 Å². The molecule has 2 rings (SSSR count). The zero-order valence-corrected chi connectivity index (χ0v) is 12.3. The van der Waals surface area contributed by atoms with E-state index in [2.05, 4.69) is 10.6 Å². The first kappa shape index (κ1) is 16.2. The fourth-order valence-electron chi connectivity index (χ4n) is 2.74. The Morgan fingerprint density at radius 2 is 2.11 bits per heavy atom. The summed E-state index contributed by atoms with van der Waals surface area (Å²) in [5.74, 6) is 0.288. The summed E-state index contributed by atoms with van der Waals surface area (Å²) in [7, 11) is 0. The molecular weight excluding hydrogens is 266 g/mol. The second-order valence-electron chi connectivity index (χ2n) is 5.19. The van der Waals surface area contributed by atoms with Crippen LogP contribution in [-0.2, 0) is 9.59 Å². The average Bonchev–Trinajstić information content (AvgIpc) is 2.92. The Labute approximate surface area is 120 Å². The Morgan fingerprint density at radius 3 is 2.74 bits per heavy atom. The minimum absolute atomic E-state index is 0. The third kappa shape index (κ3) is 4.35. The number of nitrogens with zero attached hydrogens (tertiary/aromatic N) is 1. The normalized spacial score (nSPS) is 26.7. The van der Waals surface area contributed by atoms with Crippen molar-refractivity contribution in [2.75, 3.05) is 19.6 Å². The van der Waals surface area contributed by atoms with Gasteiger partial charge < -0.3 is 15.5 Å². The van der Waals surface area contributed by atoms with Crippen LogP contribution in [0.1, 0.15) is 39.0 Å².